The zero-order valence-corrected chi connectivity index (χ0v) is 19.3. The molecule has 0 fully saturated rings. The average molecular weight is 492 g/mol. The minimum absolute atomic E-state index is 0.0684. The number of nitro benzene ring substituents is 1. The number of alkyl carbamates (subject to hydrolysis) is 1. The number of methoxy groups -OCH3 is 1. The van der Waals surface area contributed by atoms with E-state index < -0.39 is 41.4 Å². The van der Waals surface area contributed by atoms with Crippen LogP contribution in [0.5, 0.6) is 0 Å². The van der Waals surface area contributed by atoms with Gasteiger partial charge in [0.15, 0.2) is 0 Å². The molecule has 0 aliphatic heterocycles. The van der Waals surface area contributed by atoms with Crippen LogP contribution in [0.15, 0.2) is 66.7 Å². The lowest BCUT2D eigenvalue weighted by molar-refractivity contribution is -0.386. The first-order valence-electron chi connectivity index (χ1n) is 11.1. The molecular weight excluding hydrogens is 468 g/mol. The maximum absolute atomic E-state index is 12.3. The van der Waals surface area contributed by atoms with Gasteiger partial charge >= 0.3 is 12.1 Å². The fraction of sp³-hybridized carbons (Fsp3) is 0.231. The summed E-state index contributed by atoms with van der Waals surface area (Å²) >= 11 is 0. The van der Waals surface area contributed by atoms with E-state index in [-0.39, 0.29) is 23.7 Å². The SMILES string of the molecule is COC(=O)c1ccc(C(O)C(O)CNC(=O)OCC2c3ccccc3-c3ccccc32)c([N+](=O)[O-])c1. The second kappa shape index (κ2) is 10.5. The third kappa shape index (κ3) is 4.90. The maximum atomic E-state index is 12.3. The molecule has 186 valence electrons. The number of carbonyl (C=O) groups is 2. The molecule has 36 heavy (non-hydrogen) atoms. The number of aliphatic hydroxyl groups is 2. The number of hydrogen-bond acceptors (Lipinski definition) is 8. The number of nitrogens with one attached hydrogen (secondary N) is 1. The van der Waals surface area contributed by atoms with Gasteiger partial charge in [-0.1, -0.05) is 48.5 Å². The van der Waals surface area contributed by atoms with Gasteiger partial charge in [-0.25, -0.2) is 9.59 Å². The van der Waals surface area contributed by atoms with E-state index in [1.807, 2.05) is 48.5 Å². The fourth-order valence-corrected chi connectivity index (χ4v) is 4.35. The van der Waals surface area contributed by atoms with E-state index in [9.17, 15) is 29.9 Å². The Kier molecular flexibility index (Phi) is 7.28. The lowest BCUT2D eigenvalue weighted by Crippen LogP contribution is -2.36. The molecule has 1 aliphatic rings. The molecule has 0 heterocycles. The molecule has 10 heteroatoms. The van der Waals surface area contributed by atoms with E-state index in [4.69, 9.17) is 4.74 Å². The third-order valence-corrected chi connectivity index (χ3v) is 6.13. The summed E-state index contributed by atoms with van der Waals surface area (Å²) in [5, 5.41) is 34.6. The van der Waals surface area contributed by atoms with Crippen LogP contribution in [0.3, 0.4) is 0 Å². The van der Waals surface area contributed by atoms with E-state index in [0.29, 0.717) is 0 Å². The van der Waals surface area contributed by atoms with Crippen LogP contribution in [-0.2, 0) is 9.47 Å². The monoisotopic (exact) mass is 492 g/mol. The summed E-state index contributed by atoms with van der Waals surface area (Å²) < 4.78 is 9.94. The number of benzene rings is 3. The maximum Gasteiger partial charge on any atom is 0.407 e. The molecule has 3 aromatic carbocycles. The normalized spacial score (nSPS) is 13.8. The average Bonchev–Trinajstić information content (AvgIpc) is 3.22. The van der Waals surface area contributed by atoms with Crippen LogP contribution in [0.1, 0.15) is 39.1 Å². The molecule has 3 N–H and O–H groups in total. The summed E-state index contributed by atoms with van der Waals surface area (Å²) in [4.78, 5) is 34.6. The molecule has 1 amide bonds. The van der Waals surface area contributed by atoms with Crippen molar-refractivity contribution >= 4 is 17.7 Å². The molecule has 10 nitrogen and oxygen atoms in total. The largest absolute Gasteiger partial charge is 0.465 e. The molecule has 0 radical (unpaired) electrons. The highest BCUT2D eigenvalue weighted by Crippen LogP contribution is 2.44. The van der Waals surface area contributed by atoms with E-state index in [0.717, 1.165) is 41.5 Å². The third-order valence-electron chi connectivity index (χ3n) is 6.13. The van der Waals surface area contributed by atoms with Gasteiger partial charge in [-0.3, -0.25) is 10.1 Å². The van der Waals surface area contributed by atoms with Crippen molar-refractivity contribution in [3.63, 3.8) is 0 Å². The molecule has 2 unspecified atom stereocenters. The van der Waals surface area contributed by atoms with Gasteiger partial charge < -0.3 is 25.0 Å². The van der Waals surface area contributed by atoms with Crippen molar-refractivity contribution in [3.8, 4) is 11.1 Å². The lowest BCUT2D eigenvalue weighted by atomic mass is 9.98. The molecule has 0 aromatic heterocycles. The number of nitro groups is 1. The Bertz CT molecular complexity index is 1260. The summed E-state index contributed by atoms with van der Waals surface area (Å²) in [6, 6.07) is 19.1. The van der Waals surface area contributed by atoms with Crippen molar-refractivity contribution < 1.29 is 34.2 Å². The van der Waals surface area contributed by atoms with Gasteiger partial charge in [0, 0.05) is 18.5 Å². The van der Waals surface area contributed by atoms with Gasteiger partial charge in [0.1, 0.15) is 18.8 Å². The van der Waals surface area contributed by atoms with Gasteiger partial charge in [-0.05, 0) is 34.4 Å². The van der Waals surface area contributed by atoms with Crippen molar-refractivity contribution in [2.45, 2.75) is 18.1 Å². The predicted molar refractivity (Wildman–Crippen MR) is 128 cm³/mol. The van der Waals surface area contributed by atoms with Crippen molar-refractivity contribution in [3.05, 3.63) is 99.1 Å². The molecule has 0 saturated carbocycles. The number of nitrogens with zero attached hydrogens (tertiary/aromatic N) is 1. The highest BCUT2D eigenvalue weighted by atomic mass is 16.6. The lowest BCUT2D eigenvalue weighted by Gasteiger charge is -2.19. The topological polar surface area (TPSA) is 148 Å². The molecule has 0 spiro atoms. The second-order valence-corrected chi connectivity index (χ2v) is 8.24. The second-order valence-electron chi connectivity index (χ2n) is 8.24. The van der Waals surface area contributed by atoms with E-state index in [1.54, 1.807) is 0 Å². The Hall–Kier alpha value is -4.28. The molecule has 2 atom stereocenters. The number of fused-ring (bicyclic) bond motifs is 3. The van der Waals surface area contributed by atoms with E-state index in [1.165, 1.54) is 6.07 Å². The van der Waals surface area contributed by atoms with Crippen LogP contribution < -0.4 is 5.32 Å². The Labute approximate surface area is 206 Å². The van der Waals surface area contributed by atoms with Crippen molar-refractivity contribution in [2.24, 2.45) is 0 Å². The van der Waals surface area contributed by atoms with Gasteiger partial charge in [0.05, 0.1) is 23.2 Å². The molecule has 1 aliphatic carbocycles. The Morgan fingerprint density at radius 2 is 1.64 bits per heavy atom. The highest BCUT2D eigenvalue weighted by Gasteiger charge is 2.30. The Balaban J connectivity index is 1.37. The minimum atomic E-state index is -1.70. The molecule has 3 aromatic rings. The number of esters is 1. The van der Waals surface area contributed by atoms with Crippen molar-refractivity contribution in [1.29, 1.82) is 0 Å². The number of carbonyl (C=O) groups excluding carboxylic acids is 2. The van der Waals surface area contributed by atoms with Gasteiger partial charge in [0.2, 0.25) is 0 Å². The van der Waals surface area contributed by atoms with Crippen LogP contribution in [-0.4, -0.2) is 53.6 Å². The van der Waals surface area contributed by atoms with Crippen LogP contribution in [0, 0.1) is 10.1 Å². The zero-order valence-electron chi connectivity index (χ0n) is 19.3. The van der Waals surface area contributed by atoms with Crippen LogP contribution in [0.25, 0.3) is 11.1 Å². The van der Waals surface area contributed by atoms with Gasteiger partial charge in [-0.2, -0.15) is 0 Å². The molecular formula is C26H24N2O8. The summed E-state index contributed by atoms with van der Waals surface area (Å²) in [5.41, 5.74) is 3.40. The van der Waals surface area contributed by atoms with E-state index >= 15 is 0 Å². The number of amides is 1. The molecule has 0 saturated heterocycles. The van der Waals surface area contributed by atoms with E-state index in [2.05, 4.69) is 10.1 Å². The molecule has 0 bridgehead atoms. The van der Waals surface area contributed by atoms with Gasteiger partial charge in [-0.15, -0.1) is 0 Å². The Morgan fingerprint density at radius 3 is 2.22 bits per heavy atom. The zero-order chi connectivity index (χ0) is 25.8. The van der Waals surface area contributed by atoms with Crippen molar-refractivity contribution in [1.82, 2.24) is 5.32 Å². The number of hydrogen-bond donors (Lipinski definition) is 3. The Morgan fingerprint density at radius 1 is 1.03 bits per heavy atom. The first-order chi connectivity index (χ1) is 17.3. The summed E-state index contributed by atoms with van der Waals surface area (Å²) in [5.74, 6) is -0.925. The smallest absolute Gasteiger partial charge is 0.407 e. The summed E-state index contributed by atoms with van der Waals surface area (Å²) in [6.45, 7) is -0.354. The fourth-order valence-electron chi connectivity index (χ4n) is 4.35. The van der Waals surface area contributed by atoms with Crippen molar-refractivity contribution in [2.75, 3.05) is 20.3 Å². The molecule has 4 rings (SSSR count). The standard InChI is InChI=1S/C26H24N2O8/c1-35-25(31)15-10-11-20(22(12-15)28(33)34)24(30)23(29)13-27-26(32)36-14-21-18-8-4-2-6-16(18)17-7-3-5-9-19(17)21/h2-12,21,23-24,29-30H,13-14H2,1H3,(H,27,32). The van der Waals surface area contributed by atoms with Crippen LogP contribution in [0.4, 0.5) is 10.5 Å². The quantitative estimate of drug-likeness (QED) is 0.246. The number of ether oxygens (including phenoxy) is 2. The van der Waals surface area contributed by atoms with Gasteiger partial charge in [0.25, 0.3) is 5.69 Å². The first kappa shape index (κ1) is 24.8. The summed E-state index contributed by atoms with van der Waals surface area (Å²) in [7, 11) is 1.13. The number of aliphatic hydroxyl groups excluding tert-OH is 2. The van der Waals surface area contributed by atoms with Crippen LogP contribution >= 0.6 is 0 Å². The predicted octanol–water partition coefficient (Wildman–Crippen LogP) is 3.31. The number of rotatable bonds is 8. The highest BCUT2D eigenvalue weighted by molar-refractivity contribution is 5.90. The van der Waals surface area contributed by atoms with Crippen LogP contribution in [0.2, 0.25) is 0 Å². The minimum Gasteiger partial charge on any atom is -0.465 e. The summed E-state index contributed by atoms with van der Waals surface area (Å²) in [6.07, 6.45) is -4.09. The first-order valence-corrected chi connectivity index (χ1v) is 11.1.